The van der Waals surface area contributed by atoms with Crippen LogP contribution in [0.2, 0.25) is 0 Å². The van der Waals surface area contributed by atoms with Gasteiger partial charge in [0.1, 0.15) is 0 Å². The van der Waals surface area contributed by atoms with Crippen molar-refractivity contribution < 1.29 is 9.53 Å². The number of ether oxygens (including phenoxy) is 1. The van der Waals surface area contributed by atoms with E-state index in [1.807, 2.05) is 18.7 Å². The lowest BCUT2D eigenvalue weighted by molar-refractivity contribution is -0.140. The van der Waals surface area contributed by atoms with Crippen LogP contribution in [0, 0.1) is 0 Å². The summed E-state index contributed by atoms with van der Waals surface area (Å²) in [5.41, 5.74) is 0. The molecule has 0 unspecified atom stereocenters. The summed E-state index contributed by atoms with van der Waals surface area (Å²) in [5.74, 6) is 0.145. The number of nitrogens with zero attached hydrogens (tertiary/aromatic N) is 1. The van der Waals surface area contributed by atoms with Crippen molar-refractivity contribution in [1.29, 1.82) is 0 Å². The third kappa shape index (κ3) is 2.19. The highest BCUT2D eigenvalue weighted by atomic mass is 16.5. The van der Waals surface area contributed by atoms with Crippen molar-refractivity contribution in [2.45, 2.75) is 33.0 Å². The Hall–Kier alpha value is -0.570. The van der Waals surface area contributed by atoms with Gasteiger partial charge in [-0.2, -0.15) is 0 Å². The minimum absolute atomic E-state index is 0.145. The number of carbonyl (C=O) groups is 1. The van der Waals surface area contributed by atoms with Gasteiger partial charge in [-0.1, -0.05) is 0 Å². The summed E-state index contributed by atoms with van der Waals surface area (Å²) in [6.45, 7) is 7.06. The largest absolute Gasteiger partial charge is 0.372 e. The average molecular weight is 157 g/mol. The van der Waals surface area contributed by atoms with E-state index in [0.29, 0.717) is 0 Å². The molecule has 1 fully saturated rings. The van der Waals surface area contributed by atoms with E-state index in [9.17, 15) is 4.79 Å². The number of hydrogen-bond acceptors (Lipinski definition) is 2. The molecule has 1 aliphatic rings. The van der Waals surface area contributed by atoms with Crippen LogP contribution < -0.4 is 0 Å². The Balaban J connectivity index is 2.49. The number of rotatable bonds is 0. The lowest BCUT2D eigenvalue weighted by atomic mass is 10.2. The molecule has 0 spiro atoms. The average Bonchev–Trinajstić information content (AvgIpc) is 1.85. The second-order valence-corrected chi connectivity index (χ2v) is 3.18. The topological polar surface area (TPSA) is 29.5 Å². The van der Waals surface area contributed by atoms with Crippen molar-refractivity contribution in [3.8, 4) is 0 Å². The lowest BCUT2D eigenvalue weighted by Gasteiger charge is -2.34. The molecule has 0 bridgehead atoms. The van der Waals surface area contributed by atoms with Gasteiger partial charge in [0, 0.05) is 20.0 Å². The molecule has 0 saturated carbocycles. The molecule has 1 rings (SSSR count). The van der Waals surface area contributed by atoms with Crippen molar-refractivity contribution in [3.05, 3.63) is 0 Å². The number of morpholine rings is 1. The molecule has 0 aliphatic carbocycles. The van der Waals surface area contributed by atoms with Crippen LogP contribution in [0.15, 0.2) is 0 Å². The molecule has 0 radical (unpaired) electrons. The van der Waals surface area contributed by atoms with Crippen molar-refractivity contribution >= 4 is 5.91 Å². The minimum atomic E-state index is 0.145. The zero-order valence-corrected chi connectivity index (χ0v) is 7.33. The van der Waals surface area contributed by atoms with E-state index in [1.165, 1.54) is 0 Å². The van der Waals surface area contributed by atoms with Gasteiger partial charge >= 0.3 is 0 Å². The van der Waals surface area contributed by atoms with Gasteiger partial charge < -0.3 is 9.64 Å². The number of hydrogen-bond donors (Lipinski definition) is 0. The fraction of sp³-hybridized carbons (Fsp3) is 0.875. The Morgan fingerprint density at radius 3 is 2.18 bits per heavy atom. The molecule has 0 aromatic rings. The van der Waals surface area contributed by atoms with Gasteiger partial charge in [0.05, 0.1) is 12.2 Å². The van der Waals surface area contributed by atoms with E-state index in [2.05, 4.69) is 0 Å². The highest BCUT2D eigenvalue weighted by molar-refractivity contribution is 5.73. The van der Waals surface area contributed by atoms with Crippen LogP contribution in [0.4, 0.5) is 0 Å². The van der Waals surface area contributed by atoms with E-state index >= 15 is 0 Å². The molecule has 1 aliphatic heterocycles. The SMILES string of the molecule is CC(=O)N1C[C@@H](C)O[C@@H](C)C1. The highest BCUT2D eigenvalue weighted by Crippen LogP contribution is 2.09. The molecule has 1 heterocycles. The van der Waals surface area contributed by atoms with Crippen molar-refractivity contribution in [3.63, 3.8) is 0 Å². The van der Waals surface area contributed by atoms with Crippen LogP contribution in [0.25, 0.3) is 0 Å². The predicted molar refractivity (Wildman–Crippen MR) is 42.3 cm³/mol. The van der Waals surface area contributed by atoms with Gasteiger partial charge in [-0.25, -0.2) is 0 Å². The molecule has 1 amide bonds. The van der Waals surface area contributed by atoms with Gasteiger partial charge in [-0.15, -0.1) is 0 Å². The molecule has 2 atom stereocenters. The van der Waals surface area contributed by atoms with Gasteiger partial charge in [0.25, 0.3) is 0 Å². The Bertz CT molecular complexity index is 148. The van der Waals surface area contributed by atoms with E-state index in [0.717, 1.165) is 13.1 Å². The standard InChI is InChI=1S/C8H15NO2/c1-6-4-9(8(3)10)5-7(2)11-6/h6-7H,4-5H2,1-3H3/t6-,7+. The van der Waals surface area contributed by atoms with E-state index in [4.69, 9.17) is 4.74 Å². The molecular formula is C8H15NO2. The van der Waals surface area contributed by atoms with Crippen molar-refractivity contribution in [1.82, 2.24) is 4.90 Å². The quantitative estimate of drug-likeness (QED) is 0.516. The number of amides is 1. The first-order chi connectivity index (χ1) is 5.09. The monoisotopic (exact) mass is 157 g/mol. The van der Waals surface area contributed by atoms with Crippen molar-refractivity contribution in [2.75, 3.05) is 13.1 Å². The Morgan fingerprint density at radius 1 is 1.36 bits per heavy atom. The predicted octanol–water partition coefficient (Wildman–Crippen LogP) is 0.642. The van der Waals surface area contributed by atoms with Gasteiger partial charge in [0.2, 0.25) is 5.91 Å². The summed E-state index contributed by atoms with van der Waals surface area (Å²) in [4.78, 5) is 12.8. The first kappa shape index (κ1) is 8.53. The maximum absolute atomic E-state index is 11.0. The Kier molecular flexibility index (Phi) is 2.49. The fourth-order valence-electron chi connectivity index (χ4n) is 1.44. The summed E-state index contributed by atoms with van der Waals surface area (Å²) in [6, 6.07) is 0. The van der Waals surface area contributed by atoms with Crippen LogP contribution in [0.1, 0.15) is 20.8 Å². The highest BCUT2D eigenvalue weighted by Gasteiger charge is 2.23. The normalized spacial score (nSPS) is 32.1. The van der Waals surface area contributed by atoms with Gasteiger partial charge in [-0.3, -0.25) is 4.79 Å². The second kappa shape index (κ2) is 3.22. The first-order valence-electron chi connectivity index (χ1n) is 4.00. The summed E-state index contributed by atoms with van der Waals surface area (Å²) in [7, 11) is 0. The Labute approximate surface area is 67.3 Å². The zero-order chi connectivity index (χ0) is 8.43. The molecule has 1 saturated heterocycles. The molecule has 0 N–H and O–H groups in total. The summed E-state index contributed by atoms with van der Waals surface area (Å²) in [5, 5.41) is 0. The summed E-state index contributed by atoms with van der Waals surface area (Å²) >= 11 is 0. The molecule has 11 heavy (non-hydrogen) atoms. The van der Waals surface area contributed by atoms with E-state index < -0.39 is 0 Å². The molecular weight excluding hydrogens is 142 g/mol. The smallest absolute Gasteiger partial charge is 0.219 e. The molecule has 0 aromatic heterocycles. The van der Waals surface area contributed by atoms with Gasteiger partial charge in [0.15, 0.2) is 0 Å². The lowest BCUT2D eigenvalue weighted by Crippen LogP contribution is -2.47. The third-order valence-electron chi connectivity index (χ3n) is 1.86. The molecule has 64 valence electrons. The van der Waals surface area contributed by atoms with Crippen LogP contribution >= 0.6 is 0 Å². The minimum Gasteiger partial charge on any atom is -0.372 e. The maximum atomic E-state index is 11.0. The van der Waals surface area contributed by atoms with E-state index in [1.54, 1.807) is 6.92 Å². The van der Waals surface area contributed by atoms with Crippen LogP contribution in [0.3, 0.4) is 0 Å². The number of carbonyl (C=O) groups excluding carboxylic acids is 1. The third-order valence-corrected chi connectivity index (χ3v) is 1.86. The van der Waals surface area contributed by atoms with Crippen LogP contribution in [-0.2, 0) is 9.53 Å². The molecule has 3 nitrogen and oxygen atoms in total. The van der Waals surface area contributed by atoms with E-state index in [-0.39, 0.29) is 18.1 Å². The summed E-state index contributed by atoms with van der Waals surface area (Å²) in [6.07, 6.45) is 0.366. The van der Waals surface area contributed by atoms with Crippen molar-refractivity contribution in [2.24, 2.45) is 0 Å². The maximum Gasteiger partial charge on any atom is 0.219 e. The molecule has 0 aromatic carbocycles. The second-order valence-electron chi connectivity index (χ2n) is 3.18. The Morgan fingerprint density at radius 2 is 1.82 bits per heavy atom. The van der Waals surface area contributed by atoms with Crippen LogP contribution in [-0.4, -0.2) is 36.1 Å². The summed E-state index contributed by atoms with van der Waals surface area (Å²) < 4.78 is 5.47. The van der Waals surface area contributed by atoms with Crippen LogP contribution in [0.5, 0.6) is 0 Å². The molecule has 3 heteroatoms. The first-order valence-corrected chi connectivity index (χ1v) is 4.00. The van der Waals surface area contributed by atoms with Gasteiger partial charge in [-0.05, 0) is 13.8 Å². The fourth-order valence-corrected chi connectivity index (χ4v) is 1.44. The zero-order valence-electron chi connectivity index (χ0n) is 7.33.